The predicted molar refractivity (Wildman–Crippen MR) is 61.7 cm³/mol. The van der Waals surface area contributed by atoms with E-state index in [1.165, 1.54) is 19.3 Å². The summed E-state index contributed by atoms with van der Waals surface area (Å²) in [6, 6.07) is 8.09. The van der Waals surface area contributed by atoms with Gasteiger partial charge in [0, 0.05) is 12.2 Å². The van der Waals surface area contributed by atoms with E-state index in [4.69, 9.17) is 5.26 Å². The number of aryl methyl sites for hydroxylation is 1. The highest BCUT2D eigenvalue weighted by molar-refractivity contribution is 5.51. The van der Waals surface area contributed by atoms with Crippen molar-refractivity contribution in [1.82, 2.24) is 0 Å². The van der Waals surface area contributed by atoms with Crippen LogP contribution in [0.4, 0.5) is 5.69 Å². The predicted octanol–water partition coefficient (Wildman–Crippen LogP) is 3.08. The fourth-order valence-corrected chi connectivity index (χ4v) is 1.73. The van der Waals surface area contributed by atoms with Crippen LogP contribution in [0.3, 0.4) is 0 Å². The van der Waals surface area contributed by atoms with Crippen molar-refractivity contribution in [2.75, 3.05) is 11.9 Å². The molecule has 0 bridgehead atoms. The molecule has 0 heterocycles. The summed E-state index contributed by atoms with van der Waals surface area (Å²) in [7, 11) is 0. The van der Waals surface area contributed by atoms with Crippen LogP contribution < -0.4 is 5.32 Å². The van der Waals surface area contributed by atoms with Gasteiger partial charge in [0.05, 0.1) is 11.6 Å². The highest BCUT2D eigenvalue weighted by Crippen LogP contribution is 2.32. The number of benzene rings is 1. The van der Waals surface area contributed by atoms with Crippen molar-refractivity contribution < 1.29 is 0 Å². The minimum absolute atomic E-state index is 0.766. The van der Waals surface area contributed by atoms with Crippen LogP contribution in [-0.2, 0) is 0 Å². The number of anilines is 1. The molecule has 2 heteroatoms. The van der Waals surface area contributed by atoms with E-state index in [0.29, 0.717) is 0 Å². The summed E-state index contributed by atoms with van der Waals surface area (Å²) in [5, 5.41) is 12.2. The van der Waals surface area contributed by atoms with Crippen molar-refractivity contribution in [3.63, 3.8) is 0 Å². The van der Waals surface area contributed by atoms with Crippen LogP contribution in [0.5, 0.6) is 0 Å². The molecule has 2 rings (SSSR count). The van der Waals surface area contributed by atoms with E-state index in [0.717, 1.165) is 29.3 Å². The molecule has 1 saturated carbocycles. The zero-order valence-corrected chi connectivity index (χ0v) is 9.09. The van der Waals surface area contributed by atoms with Crippen LogP contribution in [-0.4, -0.2) is 6.54 Å². The molecule has 0 unspecified atom stereocenters. The van der Waals surface area contributed by atoms with E-state index in [1.807, 2.05) is 25.1 Å². The maximum atomic E-state index is 8.80. The Bertz CT molecular complexity index is 386. The highest BCUT2D eigenvalue weighted by atomic mass is 14.9. The Labute approximate surface area is 90.9 Å². The Kier molecular flexibility index (Phi) is 2.91. The minimum atomic E-state index is 0.766. The zero-order valence-electron chi connectivity index (χ0n) is 9.09. The van der Waals surface area contributed by atoms with Gasteiger partial charge in [-0.1, -0.05) is 12.8 Å². The molecule has 1 N–H and O–H groups in total. The fourth-order valence-electron chi connectivity index (χ4n) is 1.73. The van der Waals surface area contributed by atoms with Gasteiger partial charge in [-0.3, -0.25) is 0 Å². The smallest absolute Gasteiger partial charge is 0.0994 e. The molecule has 0 saturated heterocycles. The Balaban J connectivity index is 1.90. The lowest BCUT2D eigenvalue weighted by atomic mass is 10.1. The van der Waals surface area contributed by atoms with Gasteiger partial charge in [-0.15, -0.1) is 0 Å². The molecule has 1 aliphatic carbocycles. The van der Waals surface area contributed by atoms with Gasteiger partial charge in [0.1, 0.15) is 0 Å². The van der Waals surface area contributed by atoms with Crippen LogP contribution in [0.1, 0.15) is 30.4 Å². The fraction of sp³-hybridized carbons (Fsp3) is 0.462. The monoisotopic (exact) mass is 200 g/mol. The average Bonchev–Trinajstić information content (AvgIpc) is 3.02. The summed E-state index contributed by atoms with van der Waals surface area (Å²) in [5.74, 6) is 0.969. The third-order valence-corrected chi connectivity index (χ3v) is 2.93. The first-order chi connectivity index (χ1) is 7.29. The standard InChI is InChI=1S/C13H16N2/c1-10-8-13(5-4-12(10)9-14)15-7-6-11-2-3-11/h4-5,8,11,15H,2-3,6-7H2,1H3. The molecule has 2 nitrogen and oxygen atoms in total. The van der Waals surface area contributed by atoms with Gasteiger partial charge in [0.25, 0.3) is 0 Å². The minimum Gasteiger partial charge on any atom is -0.385 e. The van der Waals surface area contributed by atoms with E-state index < -0.39 is 0 Å². The normalized spacial score (nSPS) is 14.7. The lowest BCUT2D eigenvalue weighted by molar-refractivity contribution is 0.760. The second-order valence-electron chi connectivity index (χ2n) is 4.30. The van der Waals surface area contributed by atoms with Crippen molar-refractivity contribution in [3.8, 4) is 6.07 Å². The second kappa shape index (κ2) is 4.35. The van der Waals surface area contributed by atoms with E-state index >= 15 is 0 Å². The third kappa shape index (κ3) is 2.73. The summed E-state index contributed by atoms with van der Waals surface area (Å²) in [5.41, 5.74) is 2.95. The molecule has 0 aromatic heterocycles. The molecule has 78 valence electrons. The summed E-state index contributed by atoms with van der Waals surface area (Å²) in [6.07, 6.45) is 4.10. The lowest BCUT2D eigenvalue weighted by Gasteiger charge is -2.07. The van der Waals surface area contributed by atoms with Crippen LogP contribution in [0.25, 0.3) is 0 Å². The molecule has 0 atom stereocenters. The van der Waals surface area contributed by atoms with Crippen molar-refractivity contribution in [2.24, 2.45) is 5.92 Å². The van der Waals surface area contributed by atoms with Gasteiger partial charge < -0.3 is 5.32 Å². The maximum absolute atomic E-state index is 8.80. The van der Waals surface area contributed by atoms with Crippen LogP contribution in [0.2, 0.25) is 0 Å². The summed E-state index contributed by atoms with van der Waals surface area (Å²) < 4.78 is 0. The molecular weight excluding hydrogens is 184 g/mol. The van der Waals surface area contributed by atoms with Crippen molar-refractivity contribution >= 4 is 5.69 Å². The topological polar surface area (TPSA) is 35.8 Å². The molecule has 15 heavy (non-hydrogen) atoms. The Morgan fingerprint density at radius 3 is 2.87 bits per heavy atom. The number of nitrogens with one attached hydrogen (secondary N) is 1. The number of hydrogen-bond acceptors (Lipinski definition) is 2. The second-order valence-corrected chi connectivity index (χ2v) is 4.30. The van der Waals surface area contributed by atoms with Gasteiger partial charge >= 0.3 is 0 Å². The molecule has 1 aliphatic rings. The molecule has 0 radical (unpaired) electrons. The van der Waals surface area contributed by atoms with Crippen molar-refractivity contribution in [1.29, 1.82) is 5.26 Å². The van der Waals surface area contributed by atoms with Gasteiger partial charge in [0.2, 0.25) is 0 Å². The Hall–Kier alpha value is -1.49. The first kappa shape index (κ1) is 10.0. The number of nitriles is 1. The third-order valence-electron chi connectivity index (χ3n) is 2.93. The van der Waals surface area contributed by atoms with E-state index in [2.05, 4.69) is 11.4 Å². The van der Waals surface area contributed by atoms with E-state index in [1.54, 1.807) is 0 Å². The Morgan fingerprint density at radius 2 is 2.27 bits per heavy atom. The van der Waals surface area contributed by atoms with Gasteiger partial charge in [0.15, 0.2) is 0 Å². The molecule has 1 aromatic carbocycles. The number of nitrogens with zero attached hydrogens (tertiary/aromatic N) is 1. The number of hydrogen-bond donors (Lipinski definition) is 1. The summed E-state index contributed by atoms with van der Waals surface area (Å²) >= 11 is 0. The molecule has 0 spiro atoms. The lowest BCUT2D eigenvalue weighted by Crippen LogP contribution is -2.02. The summed E-state index contributed by atoms with van der Waals surface area (Å²) in [4.78, 5) is 0. The molecule has 0 aliphatic heterocycles. The molecule has 1 aromatic rings. The SMILES string of the molecule is Cc1cc(NCCC2CC2)ccc1C#N. The Morgan fingerprint density at radius 1 is 1.47 bits per heavy atom. The van der Waals surface area contributed by atoms with Crippen LogP contribution in [0.15, 0.2) is 18.2 Å². The average molecular weight is 200 g/mol. The van der Waals surface area contributed by atoms with E-state index in [9.17, 15) is 0 Å². The number of rotatable bonds is 4. The van der Waals surface area contributed by atoms with Gasteiger partial charge in [-0.05, 0) is 43.0 Å². The summed E-state index contributed by atoms with van der Waals surface area (Å²) in [6.45, 7) is 3.03. The molecule has 1 fully saturated rings. The first-order valence-electron chi connectivity index (χ1n) is 5.54. The largest absolute Gasteiger partial charge is 0.385 e. The first-order valence-corrected chi connectivity index (χ1v) is 5.54. The maximum Gasteiger partial charge on any atom is 0.0994 e. The molecule has 0 amide bonds. The van der Waals surface area contributed by atoms with Gasteiger partial charge in [-0.25, -0.2) is 0 Å². The van der Waals surface area contributed by atoms with Crippen molar-refractivity contribution in [3.05, 3.63) is 29.3 Å². The quantitative estimate of drug-likeness (QED) is 0.810. The van der Waals surface area contributed by atoms with Gasteiger partial charge in [-0.2, -0.15) is 5.26 Å². The van der Waals surface area contributed by atoms with Crippen LogP contribution >= 0.6 is 0 Å². The van der Waals surface area contributed by atoms with Crippen molar-refractivity contribution in [2.45, 2.75) is 26.2 Å². The van der Waals surface area contributed by atoms with E-state index in [-0.39, 0.29) is 0 Å². The molecular formula is C13H16N2. The van der Waals surface area contributed by atoms with Crippen LogP contribution in [0, 0.1) is 24.2 Å². The highest BCUT2D eigenvalue weighted by Gasteiger charge is 2.19. The zero-order chi connectivity index (χ0) is 10.7.